The monoisotopic (exact) mass is 292 g/mol. The van der Waals surface area contributed by atoms with E-state index in [4.69, 9.17) is 16.2 Å². The molecule has 0 heterocycles. The summed E-state index contributed by atoms with van der Waals surface area (Å²) in [6, 6.07) is 8.16. The van der Waals surface area contributed by atoms with Crippen LogP contribution in [0.2, 0.25) is 0 Å². The van der Waals surface area contributed by atoms with Gasteiger partial charge in [0.2, 0.25) is 5.91 Å². The molecule has 4 heteroatoms. The van der Waals surface area contributed by atoms with Gasteiger partial charge in [0.25, 0.3) is 0 Å². The maximum atomic E-state index is 11.1. The average molecular weight is 292 g/mol. The highest BCUT2D eigenvalue weighted by molar-refractivity contribution is 5.83. The van der Waals surface area contributed by atoms with Crippen LogP contribution in [0.4, 0.5) is 0 Å². The molecule has 0 radical (unpaired) electrons. The molecule has 1 amide bonds. The summed E-state index contributed by atoms with van der Waals surface area (Å²) in [5, 5.41) is 0. The van der Waals surface area contributed by atoms with Crippen LogP contribution in [0.15, 0.2) is 24.3 Å². The molecular weight excluding hydrogens is 264 g/mol. The number of primary amides is 1. The van der Waals surface area contributed by atoms with Crippen molar-refractivity contribution in [2.75, 3.05) is 6.61 Å². The average Bonchev–Trinajstić information content (AvgIpc) is 2.46. The van der Waals surface area contributed by atoms with Gasteiger partial charge in [0.05, 0.1) is 12.1 Å². The second-order valence-corrected chi connectivity index (χ2v) is 5.93. The SMILES string of the molecule is CCC(C)c1ccccc1OCCCCC(C)(N)C(N)=O. The van der Waals surface area contributed by atoms with Crippen LogP contribution in [0.25, 0.3) is 0 Å². The number of nitrogens with two attached hydrogens (primary N) is 2. The maximum absolute atomic E-state index is 11.1. The zero-order valence-electron chi connectivity index (χ0n) is 13.4. The summed E-state index contributed by atoms with van der Waals surface area (Å²) < 4.78 is 5.88. The number of amides is 1. The van der Waals surface area contributed by atoms with E-state index in [0.717, 1.165) is 25.0 Å². The van der Waals surface area contributed by atoms with Gasteiger partial charge in [-0.3, -0.25) is 4.79 Å². The molecule has 0 spiro atoms. The van der Waals surface area contributed by atoms with E-state index in [1.54, 1.807) is 6.92 Å². The Morgan fingerprint density at radius 2 is 2.00 bits per heavy atom. The number of ether oxygens (including phenoxy) is 1. The van der Waals surface area contributed by atoms with Crippen LogP contribution < -0.4 is 16.2 Å². The summed E-state index contributed by atoms with van der Waals surface area (Å²) in [6.45, 7) is 6.68. The number of hydrogen-bond acceptors (Lipinski definition) is 3. The summed E-state index contributed by atoms with van der Waals surface area (Å²) in [4.78, 5) is 11.1. The molecule has 0 saturated heterocycles. The van der Waals surface area contributed by atoms with Crippen LogP contribution in [-0.4, -0.2) is 18.1 Å². The normalized spacial score (nSPS) is 15.2. The van der Waals surface area contributed by atoms with E-state index in [1.165, 1.54) is 5.56 Å². The lowest BCUT2D eigenvalue weighted by molar-refractivity contribution is -0.122. The predicted octanol–water partition coefficient (Wildman–Crippen LogP) is 2.95. The van der Waals surface area contributed by atoms with Crippen molar-refractivity contribution in [2.45, 2.75) is 57.9 Å². The molecule has 0 bridgehead atoms. The Balaban J connectivity index is 2.42. The van der Waals surface area contributed by atoms with E-state index in [1.807, 2.05) is 18.2 Å². The Bertz CT molecular complexity index is 458. The van der Waals surface area contributed by atoms with Gasteiger partial charge in [-0.1, -0.05) is 32.0 Å². The molecule has 4 N–H and O–H groups in total. The van der Waals surface area contributed by atoms with Crippen LogP contribution in [-0.2, 0) is 4.79 Å². The first-order valence-electron chi connectivity index (χ1n) is 7.69. The van der Waals surface area contributed by atoms with E-state index in [9.17, 15) is 4.79 Å². The van der Waals surface area contributed by atoms with Gasteiger partial charge in [0, 0.05) is 0 Å². The Morgan fingerprint density at radius 3 is 2.62 bits per heavy atom. The Morgan fingerprint density at radius 1 is 1.33 bits per heavy atom. The third-order valence-electron chi connectivity index (χ3n) is 3.97. The van der Waals surface area contributed by atoms with Gasteiger partial charge in [-0.15, -0.1) is 0 Å². The van der Waals surface area contributed by atoms with Gasteiger partial charge in [0.15, 0.2) is 0 Å². The highest BCUT2D eigenvalue weighted by atomic mass is 16.5. The predicted molar refractivity (Wildman–Crippen MR) is 86.3 cm³/mol. The Hall–Kier alpha value is -1.55. The molecule has 2 unspecified atom stereocenters. The topological polar surface area (TPSA) is 78.3 Å². The molecule has 0 aromatic heterocycles. The molecule has 0 fully saturated rings. The van der Waals surface area contributed by atoms with Gasteiger partial charge in [-0.05, 0) is 50.2 Å². The van der Waals surface area contributed by atoms with Gasteiger partial charge in [0.1, 0.15) is 5.75 Å². The highest BCUT2D eigenvalue weighted by Gasteiger charge is 2.24. The molecular formula is C17H28N2O2. The summed E-state index contributed by atoms with van der Waals surface area (Å²) >= 11 is 0. The number of carbonyl (C=O) groups is 1. The lowest BCUT2D eigenvalue weighted by Gasteiger charge is -2.20. The Kier molecular flexibility index (Phi) is 6.69. The summed E-state index contributed by atoms with van der Waals surface area (Å²) in [5.41, 5.74) is 11.4. The number of para-hydroxylation sites is 1. The molecule has 4 nitrogen and oxygen atoms in total. The maximum Gasteiger partial charge on any atom is 0.237 e. The second kappa shape index (κ2) is 8.03. The fourth-order valence-electron chi connectivity index (χ4n) is 2.14. The summed E-state index contributed by atoms with van der Waals surface area (Å²) in [5.74, 6) is 0.992. The van der Waals surface area contributed by atoms with Crippen molar-refractivity contribution in [1.29, 1.82) is 0 Å². The minimum Gasteiger partial charge on any atom is -0.493 e. The van der Waals surface area contributed by atoms with Crippen LogP contribution >= 0.6 is 0 Å². The fourth-order valence-corrected chi connectivity index (χ4v) is 2.14. The molecule has 0 aliphatic rings. The molecule has 1 rings (SSSR count). The molecule has 21 heavy (non-hydrogen) atoms. The van der Waals surface area contributed by atoms with Crippen molar-refractivity contribution in [2.24, 2.45) is 11.5 Å². The van der Waals surface area contributed by atoms with Crippen molar-refractivity contribution in [3.8, 4) is 5.75 Å². The number of carbonyl (C=O) groups excluding carboxylic acids is 1. The number of hydrogen-bond donors (Lipinski definition) is 2. The molecule has 118 valence electrons. The molecule has 0 saturated carbocycles. The van der Waals surface area contributed by atoms with Crippen molar-refractivity contribution in [3.05, 3.63) is 29.8 Å². The van der Waals surface area contributed by atoms with E-state index in [0.29, 0.717) is 18.9 Å². The first-order valence-corrected chi connectivity index (χ1v) is 7.69. The van der Waals surface area contributed by atoms with Crippen LogP contribution in [0.1, 0.15) is 57.9 Å². The lowest BCUT2D eigenvalue weighted by atomic mass is 9.95. The number of rotatable bonds is 9. The molecule has 2 atom stereocenters. The van der Waals surface area contributed by atoms with Crippen molar-refractivity contribution in [1.82, 2.24) is 0 Å². The van der Waals surface area contributed by atoms with Gasteiger partial charge in [-0.2, -0.15) is 0 Å². The number of unbranched alkanes of at least 4 members (excludes halogenated alkanes) is 1. The van der Waals surface area contributed by atoms with Crippen molar-refractivity contribution < 1.29 is 9.53 Å². The minimum atomic E-state index is -0.922. The van der Waals surface area contributed by atoms with Gasteiger partial charge < -0.3 is 16.2 Å². The van der Waals surface area contributed by atoms with Crippen molar-refractivity contribution >= 4 is 5.91 Å². The third-order valence-corrected chi connectivity index (χ3v) is 3.97. The summed E-state index contributed by atoms with van der Waals surface area (Å²) in [6.07, 6.45) is 3.35. The second-order valence-electron chi connectivity index (χ2n) is 5.93. The summed E-state index contributed by atoms with van der Waals surface area (Å²) in [7, 11) is 0. The van der Waals surface area contributed by atoms with E-state index in [-0.39, 0.29) is 0 Å². The third kappa shape index (κ3) is 5.38. The minimum absolute atomic E-state index is 0.453. The smallest absolute Gasteiger partial charge is 0.237 e. The first-order chi connectivity index (χ1) is 9.88. The van der Waals surface area contributed by atoms with E-state index >= 15 is 0 Å². The van der Waals surface area contributed by atoms with Crippen molar-refractivity contribution in [3.63, 3.8) is 0 Å². The number of benzene rings is 1. The fraction of sp³-hybridized carbons (Fsp3) is 0.588. The quantitative estimate of drug-likeness (QED) is 0.687. The highest BCUT2D eigenvalue weighted by Crippen LogP contribution is 2.28. The lowest BCUT2D eigenvalue weighted by Crippen LogP contribution is -2.49. The van der Waals surface area contributed by atoms with Crippen LogP contribution in [0.5, 0.6) is 5.75 Å². The zero-order chi connectivity index (χ0) is 15.9. The van der Waals surface area contributed by atoms with Gasteiger partial charge in [-0.25, -0.2) is 0 Å². The standard InChI is InChI=1S/C17H28N2O2/c1-4-13(2)14-9-5-6-10-15(14)21-12-8-7-11-17(3,19)16(18)20/h5-6,9-10,13H,4,7-8,11-12,19H2,1-3H3,(H2,18,20). The molecule has 1 aromatic carbocycles. The Labute approximate surface area is 127 Å². The van der Waals surface area contributed by atoms with E-state index < -0.39 is 11.4 Å². The molecule has 0 aliphatic carbocycles. The van der Waals surface area contributed by atoms with E-state index in [2.05, 4.69) is 19.9 Å². The van der Waals surface area contributed by atoms with Crippen LogP contribution in [0, 0.1) is 0 Å². The zero-order valence-corrected chi connectivity index (χ0v) is 13.4. The molecule has 0 aliphatic heterocycles. The molecule has 1 aromatic rings. The first kappa shape index (κ1) is 17.5. The largest absolute Gasteiger partial charge is 0.493 e. The van der Waals surface area contributed by atoms with Gasteiger partial charge >= 0.3 is 0 Å². The van der Waals surface area contributed by atoms with Crippen LogP contribution in [0.3, 0.4) is 0 Å².